The lowest BCUT2D eigenvalue weighted by Crippen LogP contribution is -2.03. The quantitative estimate of drug-likeness (QED) is 0.767. The van der Waals surface area contributed by atoms with Crippen LogP contribution in [0.2, 0.25) is 5.02 Å². The lowest BCUT2D eigenvalue weighted by molar-refractivity contribution is 0.830. The van der Waals surface area contributed by atoms with Crippen molar-refractivity contribution in [3.05, 3.63) is 29.3 Å². The van der Waals surface area contributed by atoms with Crippen molar-refractivity contribution in [3.63, 3.8) is 0 Å². The van der Waals surface area contributed by atoms with Gasteiger partial charge in [-0.2, -0.15) is 5.10 Å². The van der Waals surface area contributed by atoms with Gasteiger partial charge < -0.3 is 5.73 Å². The molecule has 0 amide bonds. The number of halogens is 1. The molecule has 2 aromatic rings. The Hall–Kier alpha value is -1.62. The van der Waals surface area contributed by atoms with E-state index in [1.54, 1.807) is 23.9 Å². The van der Waals surface area contributed by atoms with Crippen molar-refractivity contribution in [2.24, 2.45) is 0 Å². The van der Waals surface area contributed by atoms with E-state index in [4.69, 9.17) is 17.3 Å². The minimum absolute atomic E-state index is 0.416. The first kappa shape index (κ1) is 8.96. The number of rotatable bonds is 1. The smallest absolute Gasteiger partial charge is 0.159 e. The number of anilines is 1. The number of aromatic nitrogens is 4. The van der Waals surface area contributed by atoms with E-state index in [1.165, 1.54) is 6.20 Å². The van der Waals surface area contributed by atoms with Crippen LogP contribution >= 0.6 is 11.6 Å². The minimum Gasteiger partial charge on any atom is -0.384 e. The monoisotopic (exact) mass is 209 g/mol. The molecule has 2 aromatic heterocycles. The normalized spacial score (nSPS) is 10.4. The Morgan fingerprint density at radius 2 is 2.21 bits per heavy atom. The number of aryl methyl sites for hydroxylation is 1. The van der Waals surface area contributed by atoms with E-state index in [0.29, 0.717) is 22.5 Å². The zero-order chi connectivity index (χ0) is 10.1. The second kappa shape index (κ2) is 3.26. The van der Waals surface area contributed by atoms with Crippen LogP contribution in [0.25, 0.3) is 5.82 Å². The first-order valence-electron chi connectivity index (χ1n) is 3.97. The maximum atomic E-state index is 5.73. The highest BCUT2D eigenvalue weighted by atomic mass is 35.5. The second-order valence-corrected chi connectivity index (χ2v) is 3.24. The summed E-state index contributed by atoms with van der Waals surface area (Å²) in [5.41, 5.74) is 5.58. The summed E-state index contributed by atoms with van der Waals surface area (Å²) in [5, 5.41) is 4.56. The molecule has 0 aromatic carbocycles. The van der Waals surface area contributed by atoms with Gasteiger partial charge in [-0.25, -0.2) is 14.6 Å². The Morgan fingerprint density at radius 3 is 2.79 bits per heavy atom. The van der Waals surface area contributed by atoms with E-state index in [1.807, 2.05) is 0 Å². The summed E-state index contributed by atoms with van der Waals surface area (Å²) in [6.45, 7) is 1.77. The standard InChI is InChI=1S/C8H8ClN5/c1-5-12-7(10)2-8(13-5)14-4-6(9)3-11-14/h2-4H,1H3,(H2,10,12,13). The fourth-order valence-corrected chi connectivity index (χ4v) is 1.25. The van der Waals surface area contributed by atoms with Gasteiger partial charge in [0.05, 0.1) is 17.4 Å². The van der Waals surface area contributed by atoms with Crippen LogP contribution in [0.3, 0.4) is 0 Å². The summed E-state index contributed by atoms with van der Waals surface area (Å²) in [6.07, 6.45) is 3.19. The molecule has 0 radical (unpaired) electrons. The number of nitrogens with zero attached hydrogens (tertiary/aromatic N) is 4. The summed E-state index contributed by atoms with van der Waals surface area (Å²) < 4.78 is 1.55. The summed E-state index contributed by atoms with van der Waals surface area (Å²) >= 11 is 5.73. The van der Waals surface area contributed by atoms with Crippen LogP contribution in [-0.2, 0) is 0 Å². The van der Waals surface area contributed by atoms with Crippen molar-refractivity contribution in [1.29, 1.82) is 0 Å². The Kier molecular flexibility index (Phi) is 2.09. The maximum absolute atomic E-state index is 5.73. The molecule has 6 heteroatoms. The molecule has 0 aliphatic heterocycles. The Labute approximate surface area is 85.5 Å². The van der Waals surface area contributed by atoms with E-state index < -0.39 is 0 Å². The van der Waals surface area contributed by atoms with Gasteiger partial charge in [0.25, 0.3) is 0 Å². The third-order valence-electron chi connectivity index (χ3n) is 1.63. The van der Waals surface area contributed by atoms with Gasteiger partial charge in [0, 0.05) is 6.07 Å². The highest BCUT2D eigenvalue weighted by Gasteiger charge is 2.02. The summed E-state index contributed by atoms with van der Waals surface area (Å²) in [5.74, 6) is 1.63. The molecule has 2 heterocycles. The number of hydrogen-bond donors (Lipinski definition) is 1. The van der Waals surface area contributed by atoms with Gasteiger partial charge in [0.15, 0.2) is 5.82 Å². The van der Waals surface area contributed by atoms with Crippen molar-refractivity contribution in [2.45, 2.75) is 6.92 Å². The van der Waals surface area contributed by atoms with Gasteiger partial charge in [-0.1, -0.05) is 11.6 Å². The molecule has 0 spiro atoms. The van der Waals surface area contributed by atoms with E-state index in [2.05, 4.69) is 15.1 Å². The molecule has 0 atom stereocenters. The molecule has 0 fully saturated rings. The van der Waals surface area contributed by atoms with Crippen molar-refractivity contribution in [2.75, 3.05) is 5.73 Å². The van der Waals surface area contributed by atoms with Crippen LogP contribution in [0.1, 0.15) is 5.82 Å². The average Bonchev–Trinajstić information content (AvgIpc) is 2.50. The van der Waals surface area contributed by atoms with Crippen molar-refractivity contribution < 1.29 is 0 Å². The molecular formula is C8H8ClN5. The molecule has 14 heavy (non-hydrogen) atoms. The predicted molar refractivity (Wildman–Crippen MR) is 53.3 cm³/mol. The molecule has 5 nitrogen and oxygen atoms in total. The molecular weight excluding hydrogens is 202 g/mol. The molecule has 0 aliphatic carbocycles. The first-order valence-corrected chi connectivity index (χ1v) is 4.34. The molecule has 0 unspecified atom stereocenters. The molecule has 2 rings (SSSR count). The van der Waals surface area contributed by atoms with Crippen LogP contribution in [0.5, 0.6) is 0 Å². The zero-order valence-electron chi connectivity index (χ0n) is 7.48. The molecule has 0 saturated carbocycles. The largest absolute Gasteiger partial charge is 0.384 e. The first-order chi connectivity index (χ1) is 6.65. The third-order valence-corrected chi connectivity index (χ3v) is 1.83. The zero-order valence-corrected chi connectivity index (χ0v) is 8.23. The van der Waals surface area contributed by atoms with Crippen molar-refractivity contribution in [1.82, 2.24) is 19.7 Å². The summed E-state index contributed by atoms with van der Waals surface area (Å²) in [4.78, 5) is 8.13. The summed E-state index contributed by atoms with van der Waals surface area (Å²) in [6, 6.07) is 1.64. The van der Waals surface area contributed by atoms with Gasteiger partial charge in [0.1, 0.15) is 11.6 Å². The van der Waals surface area contributed by atoms with Gasteiger partial charge in [-0.05, 0) is 6.92 Å². The van der Waals surface area contributed by atoms with Crippen LogP contribution < -0.4 is 5.73 Å². The van der Waals surface area contributed by atoms with Crippen LogP contribution in [0.15, 0.2) is 18.5 Å². The van der Waals surface area contributed by atoms with Gasteiger partial charge in [0.2, 0.25) is 0 Å². The topological polar surface area (TPSA) is 69.6 Å². The van der Waals surface area contributed by atoms with E-state index in [9.17, 15) is 0 Å². The molecule has 72 valence electrons. The highest BCUT2D eigenvalue weighted by Crippen LogP contribution is 2.11. The third kappa shape index (κ3) is 1.67. The van der Waals surface area contributed by atoms with Crippen molar-refractivity contribution in [3.8, 4) is 5.82 Å². The Morgan fingerprint density at radius 1 is 1.43 bits per heavy atom. The SMILES string of the molecule is Cc1nc(N)cc(-n2cc(Cl)cn2)n1. The van der Waals surface area contributed by atoms with Crippen LogP contribution in [0.4, 0.5) is 5.82 Å². The fraction of sp³-hybridized carbons (Fsp3) is 0.125. The number of hydrogen-bond acceptors (Lipinski definition) is 4. The average molecular weight is 210 g/mol. The predicted octanol–water partition coefficient (Wildman–Crippen LogP) is 1.21. The lowest BCUT2D eigenvalue weighted by Gasteiger charge is -2.01. The maximum Gasteiger partial charge on any atom is 0.159 e. The minimum atomic E-state index is 0.416. The Bertz CT molecular complexity index is 444. The van der Waals surface area contributed by atoms with Crippen LogP contribution in [0, 0.1) is 6.92 Å². The molecule has 0 bridgehead atoms. The summed E-state index contributed by atoms with van der Waals surface area (Å²) in [7, 11) is 0. The van der Waals surface area contributed by atoms with E-state index >= 15 is 0 Å². The highest BCUT2D eigenvalue weighted by molar-refractivity contribution is 6.30. The van der Waals surface area contributed by atoms with Gasteiger partial charge in [-0.3, -0.25) is 0 Å². The Balaban J connectivity index is 2.51. The molecule has 2 N–H and O–H groups in total. The van der Waals surface area contributed by atoms with E-state index in [0.717, 1.165) is 0 Å². The van der Waals surface area contributed by atoms with Gasteiger partial charge in [-0.15, -0.1) is 0 Å². The second-order valence-electron chi connectivity index (χ2n) is 2.80. The lowest BCUT2D eigenvalue weighted by atomic mass is 10.5. The number of nitrogen functional groups attached to an aromatic ring is 1. The van der Waals surface area contributed by atoms with Crippen molar-refractivity contribution >= 4 is 17.4 Å². The molecule has 0 saturated heterocycles. The van der Waals surface area contributed by atoms with Crippen LogP contribution in [-0.4, -0.2) is 19.7 Å². The number of nitrogens with two attached hydrogens (primary N) is 1. The molecule has 0 aliphatic rings. The van der Waals surface area contributed by atoms with Gasteiger partial charge >= 0.3 is 0 Å². The fourth-order valence-electron chi connectivity index (χ4n) is 1.12. The van der Waals surface area contributed by atoms with E-state index in [-0.39, 0.29) is 0 Å².